The molecule has 4 aromatic carbocycles. The molecule has 1 N–H and O–H groups in total. The van der Waals surface area contributed by atoms with Crippen molar-refractivity contribution in [3.8, 4) is 0 Å². The predicted molar refractivity (Wildman–Crippen MR) is 166 cm³/mol. The van der Waals surface area contributed by atoms with E-state index in [-0.39, 0.29) is 66.4 Å². The molecule has 5 nitrogen and oxygen atoms in total. The lowest BCUT2D eigenvalue weighted by Gasteiger charge is -2.31. The van der Waals surface area contributed by atoms with Gasteiger partial charge in [0.25, 0.3) is 0 Å². The second-order valence-electron chi connectivity index (χ2n) is 11.4. The maximum atomic E-state index is 13.6. The number of alkyl halides is 6. The number of hydrogen-bond acceptors (Lipinski definition) is 4. The number of rotatable bonds is 4. The van der Waals surface area contributed by atoms with Crippen molar-refractivity contribution >= 4 is 28.8 Å². The van der Waals surface area contributed by atoms with Gasteiger partial charge in [-0.15, -0.1) is 0 Å². The molecule has 47 heavy (non-hydrogen) atoms. The number of carbonyl (C=O) groups excluding carboxylic acids is 3. The molecule has 1 amide bonds. The third-order valence-corrected chi connectivity index (χ3v) is 7.95. The number of halogens is 6. The van der Waals surface area contributed by atoms with E-state index in [2.05, 4.69) is 5.32 Å². The zero-order valence-electron chi connectivity index (χ0n) is 25.3. The van der Waals surface area contributed by atoms with Crippen LogP contribution in [0.3, 0.4) is 0 Å². The summed E-state index contributed by atoms with van der Waals surface area (Å²) >= 11 is 0. The van der Waals surface area contributed by atoms with Gasteiger partial charge >= 0.3 is 12.4 Å². The number of amides is 1. The molecular weight excluding hydrogens is 622 g/mol. The third kappa shape index (κ3) is 7.73. The van der Waals surface area contributed by atoms with Crippen LogP contribution in [0, 0.1) is 0 Å². The normalized spacial score (nSPS) is 14.4. The lowest BCUT2D eigenvalue weighted by Crippen LogP contribution is -2.37. The van der Waals surface area contributed by atoms with Gasteiger partial charge in [-0.1, -0.05) is 60.7 Å². The quantitative estimate of drug-likeness (QED) is 0.225. The van der Waals surface area contributed by atoms with Crippen LogP contribution in [0.1, 0.15) is 73.9 Å². The van der Waals surface area contributed by atoms with E-state index < -0.39 is 29.4 Å². The number of anilines is 2. The number of nitrogens with one attached hydrogen (secondary N) is 1. The van der Waals surface area contributed by atoms with Gasteiger partial charge in [0.15, 0.2) is 11.6 Å². The topological polar surface area (TPSA) is 66.5 Å². The Bertz CT molecular complexity index is 1800. The summed E-state index contributed by atoms with van der Waals surface area (Å²) in [4.78, 5) is 37.0. The van der Waals surface area contributed by atoms with E-state index in [4.69, 9.17) is 0 Å². The van der Waals surface area contributed by atoms with Crippen molar-refractivity contribution in [2.24, 2.45) is 0 Å². The van der Waals surface area contributed by atoms with Gasteiger partial charge in [0.2, 0.25) is 5.91 Å². The highest BCUT2D eigenvalue weighted by atomic mass is 19.4. The van der Waals surface area contributed by atoms with E-state index in [1.807, 2.05) is 48.5 Å². The fraction of sp³-hybridized carbons (Fsp3) is 0.250. The summed E-state index contributed by atoms with van der Waals surface area (Å²) in [6.45, 7) is 1.42. The van der Waals surface area contributed by atoms with E-state index in [9.17, 15) is 40.7 Å². The zero-order chi connectivity index (χ0) is 33.9. The van der Waals surface area contributed by atoms with Gasteiger partial charge in [-0.2, -0.15) is 26.3 Å². The first-order valence-corrected chi connectivity index (χ1v) is 14.9. The van der Waals surface area contributed by atoms with Crippen LogP contribution in [0.25, 0.3) is 0 Å². The molecule has 0 bridgehead atoms. The lowest BCUT2D eigenvalue weighted by molar-refractivity contribution is -0.138. The summed E-state index contributed by atoms with van der Waals surface area (Å²) in [5, 5.41) is 2.72. The molecule has 0 aromatic heterocycles. The molecule has 0 aliphatic carbocycles. The number of Topliss-reactive ketones (excluding diaryl/α,β-unsaturated/α-hetero) is 2. The number of benzene rings is 4. The molecule has 0 fully saturated rings. The van der Waals surface area contributed by atoms with Gasteiger partial charge < -0.3 is 10.2 Å². The second kappa shape index (κ2) is 13.4. The molecule has 0 radical (unpaired) electrons. The van der Waals surface area contributed by atoms with Crippen LogP contribution in [0.4, 0.5) is 37.7 Å². The SMILES string of the molecule is CC(=O)N1CCC(=O)c2cc(Cc3ccccc3)cc(C(F)(F)F)c21.O=C1CCNc2c1cc(Cc1ccccc1)cc2C(F)(F)F. The number of nitrogens with zero attached hydrogens (tertiary/aromatic N) is 1. The standard InChI is InChI=1S/C19H16F3NO2.C17H14F3NO/c1-12(24)23-8-7-17(25)15-10-14(9-13-5-3-2-4-6-13)11-16(18(15)23)19(20,21)22;18-17(19,20)14-10-12(8-11-4-2-1-3-5-11)9-13-15(22)6-7-21-16(13)14/h2-6,10-11H,7-9H2,1H3;1-5,9-10,21H,6-8H2. The summed E-state index contributed by atoms with van der Waals surface area (Å²) in [7, 11) is 0. The average Bonchev–Trinajstić information content (AvgIpc) is 3.01. The molecule has 0 saturated heterocycles. The largest absolute Gasteiger partial charge is 0.418 e. The van der Waals surface area contributed by atoms with Crippen molar-refractivity contribution in [3.63, 3.8) is 0 Å². The molecule has 2 heterocycles. The Balaban J connectivity index is 0.000000186. The fourth-order valence-corrected chi connectivity index (χ4v) is 5.83. The van der Waals surface area contributed by atoms with Crippen LogP contribution in [-0.4, -0.2) is 30.6 Å². The highest BCUT2D eigenvalue weighted by Crippen LogP contribution is 2.42. The molecule has 4 aromatic rings. The Morgan fingerprint density at radius 2 is 1.17 bits per heavy atom. The summed E-state index contributed by atoms with van der Waals surface area (Å²) in [6.07, 6.45) is -8.24. The minimum absolute atomic E-state index is 0.0255. The van der Waals surface area contributed by atoms with Crippen molar-refractivity contribution in [2.75, 3.05) is 23.3 Å². The van der Waals surface area contributed by atoms with Crippen molar-refractivity contribution < 1.29 is 40.7 Å². The van der Waals surface area contributed by atoms with Gasteiger partial charge in [0, 0.05) is 44.0 Å². The number of hydrogen-bond donors (Lipinski definition) is 1. The van der Waals surface area contributed by atoms with Gasteiger partial charge in [-0.05, 0) is 59.4 Å². The molecule has 0 unspecified atom stereocenters. The summed E-state index contributed by atoms with van der Waals surface area (Å²) < 4.78 is 80.6. The van der Waals surface area contributed by atoms with Crippen LogP contribution in [0.5, 0.6) is 0 Å². The molecule has 0 atom stereocenters. The molecule has 2 aliphatic rings. The van der Waals surface area contributed by atoms with Crippen molar-refractivity contribution in [2.45, 2.75) is 45.0 Å². The van der Waals surface area contributed by atoms with Gasteiger partial charge in [-0.25, -0.2) is 0 Å². The molecule has 6 rings (SSSR count). The monoisotopic (exact) mass is 652 g/mol. The molecule has 0 spiro atoms. The number of fused-ring (bicyclic) bond motifs is 2. The Morgan fingerprint density at radius 3 is 1.68 bits per heavy atom. The molecule has 0 saturated carbocycles. The molecule has 244 valence electrons. The highest BCUT2D eigenvalue weighted by molar-refractivity contribution is 6.09. The smallest absolute Gasteiger partial charge is 0.384 e. The van der Waals surface area contributed by atoms with Crippen molar-refractivity contribution in [1.82, 2.24) is 0 Å². The number of carbonyl (C=O) groups is 3. The fourth-order valence-electron chi connectivity index (χ4n) is 5.83. The number of ketones is 2. The van der Waals surface area contributed by atoms with E-state index in [0.717, 1.165) is 28.2 Å². The van der Waals surface area contributed by atoms with Crippen molar-refractivity contribution in [3.05, 3.63) is 129 Å². The first-order chi connectivity index (χ1) is 22.2. The van der Waals surface area contributed by atoms with Crippen molar-refractivity contribution in [1.29, 1.82) is 0 Å². The highest BCUT2D eigenvalue weighted by Gasteiger charge is 2.40. The van der Waals surface area contributed by atoms with Crippen LogP contribution in [0.2, 0.25) is 0 Å². The minimum atomic E-state index is -4.65. The Hall–Kier alpha value is -4.93. The average molecular weight is 653 g/mol. The van der Waals surface area contributed by atoms with Gasteiger partial charge in [-0.3, -0.25) is 14.4 Å². The Kier molecular flexibility index (Phi) is 9.55. The molecule has 11 heteroatoms. The summed E-state index contributed by atoms with van der Waals surface area (Å²) in [5.41, 5.74) is 0.686. The van der Waals surface area contributed by atoms with E-state index in [1.165, 1.54) is 13.0 Å². The predicted octanol–water partition coefficient (Wildman–Crippen LogP) is 8.53. The lowest BCUT2D eigenvalue weighted by atomic mass is 9.91. The second-order valence-corrected chi connectivity index (χ2v) is 11.4. The first kappa shape index (κ1) is 33.4. The molecule has 2 aliphatic heterocycles. The summed E-state index contributed by atoms with van der Waals surface area (Å²) in [5.74, 6) is -1.11. The van der Waals surface area contributed by atoms with Gasteiger partial charge in [0.05, 0.1) is 22.5 Å². The summed E-state index contributed by atoms with van der Waals surface area (Å²) in [6, 6.07) is 23.5. The van der Waals surface area contributed by atoms with E-state index in [1.54, 1.807) is 18.2 Å². The van der Waals surface area contributed by atoms with Crippen LogP contribution >= 0.6 is 0 Å². The molecular formula is C36H30F6N2O3. The minimum Gasteiger partial charge on any atom is -0.384 e. The van der Waals surface area contributed by atoms with E-state index in [0.29, 0.717) is 17.5 Å². The van der Waals surface area contributed by atoms with Gasteiger partial charge in [0.1, 0.15) is 0 Å². The van der Waals surface area contributed by atoms with Crippen LogP contribution in [-0.2, 0) is 30.0 Å². The van der Waals surface area contributed by atoms with Crippen LogP contribution in [0.15, 0.2) is 84.9 Å². The third-order valence-electron chi connectivity index (χ3n) is 7.95. The van der Waals surface area contributed by atoms with E-state index >= 15 is 0 Å². The maximum absolute atomic E-state index is 13.6. The zero-order valence-corrected chi connectivity index (χ0v) is 25.3. The maximum Gasteiger partial charge on any atom is 0.418 e. The van der Waals surface area contributed by atoms with Crippen LogP contribution < -0.4 is 10.2 Å². The Labute approximate surface area is 267 Å². The Morgan fingerprint density at radius 1 is 0.681 bits per heavy atom. The first-order valence-electron chi connectivity index (χ1n) is 14.9.